The maximum atomic E-state index is 11.1. The standard InChI is InChI=1S/C16H16O4/c1-18-14-8-4-3-6-13(14)11-20-16-12(10-17)7-5-9-15(16)19-2/h3-10H,11H2,1-2H3. The molecule has 0 amide bonds. The van der Waals surface area contributed by atoms with Gasteiger partial charge >= 0.3 is 0 Å². The molecule has 0 bridgehead atoms. The summed E-state index contributed by atoms with van der Waals surface area (Å²) in [5, 5.41) is 0. The average Bonchev–Trinajstić information content (AvgIpc) is 2.52. The molecular formula is C16H16O4. The lowest BCUT2D eigenvalue weighted by molar-refractivity contribution is 0.111. The topological polar surface area (TPSA) is 44.8 Å². The van der Waals surface area contributed by atoms with E-state index < -0.39 is 0 Å². The van der Waals surface area contributed by atoms with Gasteiger partial charge in [-0.1, -0.05) is 24.3 Å². The van der Waals surface area contributed by atoms with Gasteiger partial charge in [0.1, 0.15) is 12.4 Å². The Kier molecular flexibility index (Phi) is 4.60. The molecule has 0 radical (unpaired) electrons. The number of aldehydes is 1. The Hall–Kier alpha value is -2.49. The number of para-hydroxylation sites is 2. The van der Waals surface area contributed by atoms with Crippen LogP contribution in [0.3, 0.4) is 0 Å². The van der Waals surface area contributed by atoms with Gasteiger partial charge in [0.25, 0.3) is 0 Å². The molecule has 0 spiro atoms. The highest BCUT2D eigenvalue weighted by molar-refractivity contribution is 5.81. The van der Waals surface area contributed by atoms with Crippen LogP contribution in [0, 0.1) is 0 Å². The first-order valence-corrected chi connectivity index (χ1v) is 6.17. The molecule has 0 atom stereocenters. The van der Waals surface area contributed by atoms with Crippen molar-refractivity contribution < 1.29 is 19.0 Å². The van der Waals surface area contributed by atoms with Gasteiger partial charge in [-0.3, -0.25) is 4.79 Å². The predicted octanol–water partition coefficient (Wildman–Crippen LogP) is 3.10. The third-order valence-electron chi connectivity index (χ3n) is 2.92. The Morgan fingerprint density at radius 1 is 0.950 bits per heavy atom. The molecule has 4 nitrogen and oxygen atoms in total. The van der Waals surface area contributed by atoms with E-state index >= 15 is 0 Å². The minimum Gasteiger partial charge on any atom is -0.496 e. The summed E-state index contributed by atoms with van der Waals surface area (Å²) in [5.41, 5.74) is 1.36. The van der Waals surface area contributed by atoms with Crippen LogP contribution < -0.4 is 14.2 Å². The normalized spacial score (nSPS) is 9.90. The second kappa shape index (κ2) is 6.61. The van der Waals surface area contributed by atoms with Crippen LogP contribution >= 0.6 is 0 Å². The molecule has 2 rings (SSSR count). The molecule has 104 valence electrons. The molecule has 0 aliphatic heterocycles. The van der Waals surface area contributed by atoms with E-state index in [4.69, 9.17) is 14.2 Å². The molecule has 0 aliphatic rings. The molecule has 0 saturated carbocycles. The summed E-state index contributed by atoms with van der Waals surface area (Å²) < 4.78 is 16.2. The predicted molar refractivity (Wildman–Crippen MR) is 75.7 cm³/mol. The van der Waals surface area contributed by atoms with Crippen LogP contribution in [0.25, 0.3) is 0 Å². The van der Waals surface area contributed by atoms with Crippen LogP contribution in [-0.4, -0.2) is 20.5 Å². The third-order valence-corrected chi connectivity index (χ3v) is 2.92. The van der Waals surface area contributed by atoms with Crippen molar-refractivity contribution in [2.75, 3.05) is 14.2 Å². The Bertz CT molecular complexity index is 593. The third kappa shape index (κ3) is 2.91. The van der Waals surface area contributed by atoms with Crippen LogP contribution in [0.4, 0.5) is 0 Å². The molecule has 4 heteroatoms. The number of rotatable bonds is 6. The zero-order chi connectivity index (χ0) is 14.4. The second-order valence-electron chi connectivity index (χ2n) is 4.10. The van der Waals surface area contributed by atoms with Crippen molar-refractivity contribution in [3.63, 3.8) is 0 Å². The summed E-state index contributed by atoms with van der Waals surface area (Å²) in [4.78, 5) is 11.1. The monoisotopic (exact) mass is 272 g/mol. The molecule has 0 aliphatic carbocycles. The van der Waals surface area contributed by atoms with Gasteiger partial charge in [0.05, 0.1) is 19.8 Å². The van der Waals surface area contributed by atoms with Gasteiger partial charge in [0, 0.05) is 5.56 Å². The highest BCUT2D eigenvalue weighted by Crippen LogP contribution is 2.31. The van der Waals surface area contributed by atoms with Gasteiger partial charge in [-0.05, 0) is 18.2 Å². The molecule has 0 fully saturated rings. The van der Waals surface area contributed by atoms with E-state index in [1.54, 1.807) is 32.4 Å². The molecule has 0 heterocycles. The highest BCUT2D eigenvalue weighted by Gasteiger charge is 2.11. The van der Waals surface area contributed by atoms with E-state index in [1.807, 2.05) is 24.3 Å². The fraction of sp³-hybridized carbons (Fsp3) is 0.188. The summed E-state index contributed by atoms with van der Waals surface area (Å²) in [5.74, 6) is 1.72. The summed E-state index contributed by atoms with van der Waals surface area (Å²) in [6.07, 6.45) is 0.750. The lowest BCUT2D eigenvalue weighted by Crippen LogP contribution is -2.02. The number of carbonyl (C=O) groups excluding carboxylic acids is 1. The zero-order valence-corrected chi connectivity index (χ0v) is 11.5. The van der Waals surface area contributed by atoms with Crippen molar-refractivity contribution in [2.24, 2.45) is 0 Å². The van der Waals surface area contributed by atoms with Gasteiger partial charge in [0.15, 0.2) is 17.8 Å². The number of hydrogen-bond acceptors (Lipinski definition) is 4. The first-order valence-electron chi connectivity index (χ1n) is 6.17. The Morgan fingerprint density at radius 2 is 1.65 bits per heavy atom. The molecular weight excluding hydrogens is 256 g/mol. The largest absolute Gasteiger partial charge is 0.496 e. The Labute approximate surface area is 117 Å². The van der Waals surface area contributed by atoms with Crippen molar-refractivity contribution in [3.8, 4) is 17.2 Å². The maximum absolute atomic E-state index is 11.1. The minimum absolute atomic E-state index is 0.297. The van der Waals surface area contributed by atoms with E-state index in [9.17, 15) is 4.79 Å². The molecule has 2 aromatic carbocycles. The SMILES string of the molecule is COc1ccccc1COc1c(C=O)cccc1OC. The van der Waals surface area contributed by atoms with Crippen molar-refractivity contribution in [1.82, 2.24) is 0 Å². The Balaban J connectivity index is 2.24. The first-order chi connectivity index (χ1) is 9.80. The van der Waals surface area contributed by atoms with Crippen LogP contribution in [0.1, 0.15) is 15.9 Å². The zero-order valence-electron chi connectivity index (χ0n) is 11.5. The lowest BCUT2D eigenvalue weighted by atomic mass is 10.2. The minimum atomic E-state index is 0.297. The number of carbonyl (C=O) groups is 1. The number of methoxy groups -OCH3 is 2. The van der Waals surface area contributed by atoms with E-state index in [0.717, 1.165) is 17.6 Å². The van der Waals surface area contributed by atoms with Gasteiger partial charge in [0.2, 0.25) is 0 Å². The van der Waals surface area contributed by atoms with E-state index in [2.05, 4.69) is 0 Å². The molecule has 0 saturated heterocycles. The van der Waals surface area contributed by atoms with E-state index in [1.165, 1.54) is 0 Å². The van der Waals surface area contributed by atoms with Crippen molar-refractivity contribution >= 4 is 6.29 Å². The second-order valence-corrected chi connectivity index (χ2v) is 4.10. The number of hydrogen-bond donors (Lipinski definition) is 0. The molecule has 0 N–H and O–H groups in total. The van der Waals surface area contributed by atoms with Crippen molar-refractivity contribution in [1.29, 1.82) is 0 Å². The quantitative estimate of drug-likeness (QED) is 0.758. The lowest BCUT2D eigenvalue weighted by Gasteiger charge is -2.14. The Morgan fingerprint density at radius 3 is 2.35 bits per heavy atom. The van der Waals surface area contributed by atoms with Crippen LogP contribution in [0.5, 0.6) is 17.2 Å². The summed E-state index contributed by atoms with van der Waals surface area (Å²) >= 11 is 0. The van der Waals surface area contributed by atoms with E-state index in [0.29, 0.717) is 23.7 Å². The fourth-order valence-corrected chi connectivity index (χ4v) is 1.91. The average molecular weight is 272 g/mol. The van der Waals surface area contributed by atoms with Crippen molar-refractivity contribution in [3.05, 3.63) is 53.6 Å². The molecule has 0 unspecified atom stereocenters. The first kappa shape index (κ1) is 13.9. The van der Waals surface area contributed by atoms with Crippen LogP contribution in [0.15, 0.2) is 42.5 Å². The van der Waals surface area contributed by atoms with Gasteiger partial charge in [-0.2, -0.15) is 0 Å². The molecule has 0 aromatic heterocycles. The molecule has 20 heavy (non-hydrogen) atoms. The number of ether oxygens (including phenoxy) is 3. The summed E-state index contributed by atoms with van der Waals surface area (Å²) in [6, 6.07) is 12.8. The summed E-state index contributed by atoms with van der Waals surface area (Å²) in [6.45, 7) is 0.297. The van der Waals surface area contributed by atoms with Crippen LogP contribution in [-0.2, 0) is 6.61 Å². The smallest absolute Gasteiger partial charge is 0.172 e. The van der Waals surface area contributed by atoms with Crippen LogP contribution in [0.2, 0.25) is 0 Å². The highest BCUT2D eigenvalue weighted by atomic mass is 16.5. The van der Waals surface area contributed by atoms with Gasteiger partial charge in [-0.15, -0.1) is 0 Å². The van der Waals surface area contributed by atoms with Gasteiger partial charge in [-0.25, -0.2) is 0 Å². The van der Waals surface area contributed by atoms with E-state index in [-0.39, 0.29) is 0 Å². The molecule has 2 aromatic rings. The van der Waals surface area contributed by atoms with Gasteiger partial charge < -0.3 is 14.2 Å². The fourth-order valence-electron chi connectivity index (χ4n) is 1.91. The maximum Gasteiger partial charge on any atom is 0.172 e. The van der Waals surface area contributed by atoms with Crippen molar-refractivity contribution in [2.45, 2.75) is 6.61 Å². The number of benzene rings is 2. The summed E-state index contributed by atoms with van der Waals surface area (Å²) in [7, 11) is 3.15.